The van der Waals surface area contributed by atoms with E-state index in [1.807, 2.05) is 18.2 Å². The first-order valence-electron chi connectivity index (χ1n) is 4.58. The van der Waals surface area contributed by atoms with Gasteiger partial charge in [0.1, 0.15) is 16.1 Å². The van der Waals surface area contributed by atoms with Gasteiger partial charge in [0.05, 0.1) is 12.3 Å². The number of aromatic nitrogens is 3. The van der Waals surface area contributed by atoms with Gasteiger partial charge in [0.2, 0.25) is 0 Å². The molecule has 2 N–H and O–H groups in total. The number of H-pyrrole nitrogens is 1. The summed E-state index contributed by atoms with van der Waals surface area (Å²) < 4.78 is 0.796. The summed E-state index contributed by atoms with van der Waals surface area (Å²) in [5.74, 6) is 0.755. The summed E-state index contributed by atoms with van der Waals surface area (Å²) >= 11 is 3.38. The van der Waals surface area contributed by atoms with E-state index >= 15 is 0 Å². The molecule has 2 aromatic heterocycles. The van der Waals surface area contributed by atoms with Crippen LogP contribution in [0, 0.1) is 0 Å². The van der Waals surface area contributed by atoms with Crippen molar-refractivity contribution in [3.05, 3.63) is 34.8 Å². The molecule has 0 radical (unpaired) electrons. The number of nitrogens with one attached hydrogen (secondary N) is 1. The Bertz CT molecular complexity index is 441. The van der Waals surface area contributed by atoms with Crippen LogP contribution in [0.4, 0.5) is 0 Å². The molecule has 0 amide bonds. The summed E-state index contributed by atoms with van der Waals surface area (Å²) in [6.45, 7) is 0.0849. The molecule has 5 heteroatoms. The van der Waals surface area contributed by atoms with Crippen molar-refractivity contribution in [1.29, 1.82) is 0 Å². The summed E-state index contributed by atoms with van der Waals surface area (Å²) in [5, 5.41) is 8.80. The largest absolute Gasteiger partial charge is 0.396 e. The smallest absolute Gasteiger partial charge is 0.121 e. The van der Waals surface area contributed by atoms with Crippen molar-refractivity contribution in [2.45, 2.75) is 6.42 Å². The Morgan fingerprint density at radius 3 is 2.93 bits per heavy atom. The molecular weight excluding hydrogens is 258 g/mol. The standard InChI is InChI=1S/C10H10BrN3O/c11-10-9(7-3-1-2-5-12-7)13-8(14-10)4-6-15/h1-3,5,15H,4,6H2,(H,13,14). The predicted octanol–water partition coefficient (Wildman–Crippen LogP) is 1.77. The molecule has 2 aromatic rings. The third-order valence-corrected chi connectivity index (χ3v) is 2.54. The molecule has 0 atom stereocenters. The Labute approximate surface area is 95.5 Å². The van der Waals surface area contributed by atoms with Crippen LogP contribution in [0.3, 0.4) is 0 Å². The zero-order valence-corrected chi connectivity index (χ0v) is 9.53. The van der Waals surface area contributed by atoms with Crippen LogP contribution in [-0.4, -0.2) is 26.7 Å². The first-order chi connectivity index (χ1) is 7.31. The van der Waals surface area contributed by atoms with Crippen LogP contribution in [0.25, 0.3) is 11.4 Å². The second kappa shape index (κ2) is 4.55. The van der Waals surface area contributed by atoms with Crippen molar-refractivity contribution in [2.75, 3.05) is 6.61 Å². The molecule has 0 unspecified atom stereocenters. The number of imidazole rings is 1. The molecule has 4 nitrogen and oxygen atoms in total. The quantitative estimate of drug-likeness (QED) is 0.891. The molecular formula is C10H10BrN3O. The van der Waals surface area contributed by atoms with E-state index in [4.69, 9.17) is 5.11 Å². The zero-order valence-electron chi connectivity index (χ0n) is 7.94. The van der Waals surface area contributed by atoms with Gasteiger partial charge in [0.25, 0.3) is 0 Å². The SMILES string of the molecule is OCCc1nc(-c2ccccn2)c(Br)[nH]1. The van der Waals surface area contributed by atoms with Crippen molar-refractivity contribution in [1.82, 2.24) is 15.0 Å². The van der Waals surface area contributed by atoms with E-state index in [0.29, 0.717) is 6.42 Å². The minimum Gasteiger partial charge on any atom is -0.396 e. The van der Waals surface area contributed by atoms with E-state index in [9.17, 15) is 0 Å². The highest BCUT2D eigenvalue weighted by Gasteiger charge is 2.10. The maximum absolute atomic E-state index is 8.80. The number of rotatable bonds is 3. The lowest BCUT2D eigenvalue weighted by Crippen LogP contribution is -1.92. The number of aliphatic hydroxyl groups is 1. The maximum atomic E-state index is 8.80. The fourth-order valence-electron chi connectivity index (χ4n) is 1.29. The van der Waals surface area contributed by atoms with E-state index in [-0.39, 0.29) is 6.61 Å². The summed E-state index contributed by atoms with van der Waals surface area (Å²) in [4.78, 5) is 11.6. The van der Waals surface area contributed by atoms with Crippen LogP contribution in [-0.2, 0) is 6.42 Å². The Hall–Kier alpha value is -1.20. The highest BCUT2D eigenvalue weighted by Crippen LogP contribution is 2.23. The summed E-state index contributed by atoms with van der Waals surface area (Å²) in [6, 6.07) is 5.66. The molecule has 2 heterocycles. The number of aromatic amines is 1. The number of halogens is 1. The first-order valence-corrected chi connectivity index (χ1v) is 5.37. The average molecular weight is 268 g/mol. The van der Waals surface area contributed by atoms with Gasteiger partial charge in [0, 0.05) is 12.6 Å². The third-order valence-electron chi connectivity index (χ3n) is 1.96. The Morgan fingerprint density at radius 1 is 1.40 bits per heavy atom. The van der Waals surface area contributed by atoms with E-state index in [1.54, 1.807) is 6.20 Å². The van der Waals surface area contributed by atoms with Crippen LogP contribution < -0.4 is 0 Å². The predicted molar refractivity (Wildman–Crippen MR) is 60.3 cm³/mol. The summed E-state index contributed by atoms with van der Waals surface area (Å²) in [5.41, 5.74) is 1.59. The Kier molecular flexibility index (Phi) is 3.13. The number of hydrogen-bond acceptors (Lipinski definition) is 3. The van der Waals surface area contributed by atoms with Gasteiger partial charge in [-0.3, -0.25) is 4.98 Å². The van der Waals surface area contributed by atoms with E-state index in [1.165, 1.54) is 0 Å². The van der Waals surface area contributed by atoms with Gasteiger partial charge in [0.15, 0.2) is 0 Å². The second-order valence-corrected chi connectivity index (χ2v) is 3.83. The number of hydrogen-bond donors (Lipinski definition) is 2. The normalized spacial score (nSPS) is 10.5. The van der Waals surface area contributed by atoms with Crippen molar-refractivity contribution >= 4 is 15.9 Å². The monoisotopic (exact) mass is 267 g/mol. The minimum atomic E-state index is 0.0849. The van der Waals surface area contributed by atoms with Gasteiger partial charge >= 0.3 is 0 Å². The van der Waals surface area contributed by atoms with Crippen LogP contribution in [0.5, 0.6) is 0 Å². The number of pyridine rings is 1. The van der Waals surface area contributed by atoms with E-state index in [2.05, 4.69) is 30.9 Å². The number of nitrogens with zero attached hydrogens (tertiary/aromatic N) is 2. The van der Waals surface area contributed by atoms with Crippen molar-refractivity contribution < 1.29 is 5.11 Å². The molecule has 0 aliphatic heterocycles. The molecule has 0 aromatic carbocycles. The lowest BCUT2D eigenvalue weighted by Gasteiger charge is -1.94. The molecule has 0 fully saturated rings. The van der Waals surface area contributed by atoms with Crippen molar-refractivity contribution in [2.24, 2.45) is 0 Å². The van der Waals surface area contributed by atoms with Crippen molar-refractivity contribution in [3.8, 4) is 11.4 Å². The highest BCUT2D eigenvalue weighted by molar-refractivity contribution is 9.10. The molecule has 0 spiro atoms. The fourth-order valence-corrected chi connectivity index (χ4v) is 1.82. The highest BCUT2D eigenvalue weighted by atomic mass is 79.9. The third kappa shape index (κ3) is 2.24. The second-order valence-electron chi connectivity index (χ2n) is 3.03. The van der Waals surface area contributed by atoms with Gasteiger partial charge in [-0.25, -0.2) is 4.98 Å². The van der Waals surface area contributed by atoms with Crippen molar-refractivity contribution in [3.63, 3.8) is 0 Å². The van der Waals surface area contributed by atoms with Crippen LogP contribution in [0.1, 0.15) is 5.82 Å². The van der Waals surface area contributed by atoms with Crippen LogP contribution >= 0.6 is 15.9 Å². The van der Waals surface area contributed by atoms with Gasteiger partial charge < -0.3 is 10.1 Å². The Morgan fingerprint density at radius 2 is 2.27 bits per heavy atom. The average Bonchev–Trinajstić information content (AvgIpc) is 2.61. The lowest BCUT2D eigenvalue weighted by atomic mass is 10.3. The molecule has 15 heavy (non-hydrogen) atoms. The molecule has 0 aliphatic rings. The van der Waals surface area contributed by atoms with Gasteiger partial charge in [-0.05, 0) is 28.1 Å². The maximum Gasteiger partial charge on any atom is 0.121 e. The topological polar surface area (TPSA) is 61.8 Å². The number of aliphatic hydroxyl groups excluding tert-OH is 1. The summed E-state index contributed by atoms with van der Waals surface area (Å²) in [7, 11) is 0. The van der Waals surface area contributed by atoms with Gasteiger partial charge in [-0.2, -0.15) is 0 Å². The van der Waals surface area contributed by atoms with Crippen LogP contribution in [0.2, 0.25) is 0 Å². The molecule has 0 saturated heterocycles. The van der Waals surface area contributed by atoms with Gasteiger partial charge in [-0.1, -0.05) is 6.07 Å². The summed E-state index contributed by atoms with van der Waals surface area (Å²) in [6.07, 6.45) is 2.24. The zero-order chi connectivity index (χ0) is 10.7. The van der Waals surface area contributed by atoms with Crippen LogP contribution in [0.15, 0.2) is 29.0 Å². The molecule has 0 saturated carbocycles. The molecule has 0 bridgehead atoms. The lowest BCUT2D eigenvalue weighted by molar-refractivity contribution is 0.297. The fraction of sp³-hybridized carbons (Fsp3) is 0.200. The Balaban J connectivity index is 2.36. The van der Waals surface area contributed by atoms with E-state index in [0.717, 1.165) is 21.8 Å². The minimum absolute atomic E-state index is 0.0849. The van der Waals surface area contributed by atoms with Gasteiger partial charge in [-0.15, -0.1) is 0 Å². The van der Waals surface area contributed by atoms with E-state index < -0.39 is 0 Å². The molecule has 0 aliphatic carbocycles. The molecule has 78 valence electrons. The first kappa shape index (κ1) is 10.3. The molecule has 2 rings (SSSR count).